The number of aliphatic hydroxyl groups excluding tert-OH is 1. The summed E-state index contributed by atoms with van der Waals surface area (Å²) in [6, 6.07) is 0. The van der Waals surface area contributed by atoms with Crippen molar-refractivity contribution in [1.29, 1.82) is 0 Å². The van der Waals surface area contributed by atoms with E-state index in [1.54, 1.807) is 0 Å². The minimum Gasteiger partial charge on any atom is -0.462 e. The summed E-state index contributed by atoms with van der Waals surface area (Å²) in [5.74, 6) is -2.17. The molecule has 73 heavy (non-hydrogen) atoms. The predicted octanol–water partition coefficient (Wildman–Crippen LogP) is 14.0. The van der Waals surface area contributed by atoms with Crippen molar-refractivity contribution in [3.8, 4) is 0 Å². The maximum atomic E-state index is 12.9. The lowest BCUT2D eigenvalue weighted by molar-refractivity contribution is -0.161. The lowest BCUT2D eigenvalue weighted by Gasteiger charge is -2.21. The van der Waals surface area contributed by atoms with Crippen molar-refractivity contribution in [3.63, 3.8) is 0 Å². The van der Waals surface area contributed by atoms with E-state index in [0.29, 0.717) is 25.7 Å². The fraction of sp³-hybridized carbons (Fsp3) is 0.926. The van der Waals surface area contributed by atoms with Crippen molar-refractivity contribution >= 4 is 39.5 Å². The van der Waals surface area contributed by atoms with Gasteiger partial charge < -0.3 is 33.8 Å². The second-order valence-corrected chi connectivity index (χ2v) is 22.5. The van der Waals surface area contributed by atoms with Gasteiger partial charge >= 0.3 is 39.5 Å². The molecule has 0 aromatic heterocycles. The van der Waals surface area contributed by atoms with Crippen LogP contribution in [0.25, 0.3) is 0 Å². The lowest BCUT2D eigenvalue weighted by Crippen LogP contribution is -2.30. The maximum Gasteiger partial charge on any atom is 0.472 e. The van der Waals surface area contributed by atoms with E-state index in [1.165, 1.54) is 89.9 Å². The van der Waals surface area contributed by atoms with Gasteiger partial charge in [0, 0.05) is 25.7 Å². The highest BCUT2D eigenvalue weighted by atomic mass is 31.2. The summed E-state index contributed by atoms with van der Waals surface area (Å²) in [6.07, 6.45) is 31.4. The molecule has 17 nitrogen and oxygen atoms in total. The molecule has 0 bridgehead atoms. The number of hydrogen-bond donors (Lipinski definition) is 3. The molecular formula is C54H104O17P2. The zero-order valence-corrected chi connectivity index (χ0v) is 47.9. The first-order chi connectivity index (χ1) is 35.2. The van der Waals surface area contributed by atoms with Crippen LogP contribution in [-0.2, 0) is 65.4 Å². The standard InChI is InChI=1S/C54H104O17P2/c1-5-9-13-17-19-21-23-25-27-29-33-37-41-54(59)71-50(45-65-52(57)39-35-32-28-26-24-22-20-18-14-10-6-2)47-69-73(62,63)67-43-48(55)42-66-72(60,61)68-46-49(70-53(58)40-36-31-16-12-8-4)44-64-51(56)38-34-30-15-11-7-3/h48-50,55H,5-47H2,1-4H3,(H,60,61)(H,62,63)/t48-,49+,50+/m0/s1. The van der Waals surface area contributed by atoms with Crippen molar-refractivity contribution < 1.29 is 80.2 Å². The highest BCUT2D eigenvalue weighted by Gasteiger charge is 2.30. The van der Waals surface area contributed by atoms with E-state index < -0.39 is 97.5 Å². The van der Waals surface area contributed by atoms with Gasteiger partial charge in [0.1, 0.15) is 19.3 Å². The quantitative estimate of drug-likeness (QED) is 0.0222. The molecule has 0 saturated carbocycles. The second kappa shape index (κ2) is 49.6. The van der Waals surface area contributed by atoms with Crippen LogP contribution in [0.4, 0.5) is 0 Å². The minimum atomic E-state index is -4.93. The van der Waals surface area contributed by atoms with Gasteiger partial charge in [0.25, 0.3) is 0 Å². The third-order valence-electron chi connectivity index (χ3n) is 12.4. The van der Waals surface area contributed by atoms with Crippen LogP contribution in [0.3, 0.4) is 0 Å². The van der Waals surface area contributed by atoms with Gasteiger partial charge in [-0.2, -0.15) is 0 Å². The molecule has 0 aromatic carbocycles. The number of carbonyl (C=O) groups is 4. The monoisotopic (exact) mass is 1090 g/mol. The van der Waals surface area contributed by atoms with Gasteiger partial charge in [0.2, 0.25) is 0 Å². The third-order valence-corrected chi connectivity index (χ3v) is 14.3. The number of unbranched alkanes of at least 4 members (excludes halogenated alkanes) is 29. The molecule has 2 unspecified atom stereocenters. The van der Waals surface area contributed by atoms with Crippen LogP contribution in [-0.4, -0.2) is 96.7 Å². The zero-order chi connectivity index (χ0) is 54.1. The number of ether oxygens (including phenoxy) is 4. The van der Waals surface area contributed by atoms with E-state index in [9.17, 15) is 43.2 Å². The molecule has 3 N–H and O–H groups in total. The van der Waals surface area contributed by atoms with Gasteiger partial charge in [0.15, 0.2) is 12.2 Å². The number of phosphoric ester groups is 2. The van der Waals surface area contributed by atoms with E-state index in [2.05, 4.69) is 27.7 Å². The summed E-state index contributed by atoms with van der Waals surface area (Å²) in [5, 5.41) is 10.4. The molecule has 0 aliphatic rings. The topological polar surface area (TPSA) is 237 Å². The lowest BCUT2D eigenvalue weighted by atomic mass is 10.0. The number of phosphoric acid groups is 2. The highest BCUT2D eigenvalue weighted by molar-refractivity contribution is 7.47. The van der Waals surface area contributed by atoms with Crippen LogP contribution in [0.5, 0.6) is 0 Å². The Balaban J connectivity index is 5.14. The summed E-state index contributed by atoms with van der Waals surface area (Å²) in [5.41, 5.74) is 0. The summed E-state index contributed by atoms with van der Waals surface area (Å²) in [6.45, 7) is 4.63. The Morgan fingerprint density at radius 3 is 0.808 bits per heavy atom. The van der Waals surface area contributed by atoms with Crippen LogP contribution in [0, 0.1) is 0 Å². The van der Waals surface area contributed by atoms with E-state index >= 15 is 0 Å². The van der Waals surface area contributed by atoms with Crippen LogP contribution >= 0.6 is 15.6 Å². The molecule has 0 heterocycles. The Morgan fingerprint density at radius 1 is 0.329 bits per heavy atom. The molecule has 0 saturated heterocycles. The fourth-order valence-electron chi connectivity index (χ4n) is 7.87. The smallest absolute Gasteiger partial charge is 0.462 e. The molecule has 5 atom stereocenters. The number of rotatable bonds is 55. The van der Waals surface area contributed by atoms with Crippen molar-refractivity contribution in [2.75, 3.05) is 39.6 Å². The van der Waals surface area contributed by atoms with Crippen molar-refractivity contribution in [2.24, 2.45) is 0 Å². The fourth-order valence-corrected chi connectivity index (χ4v) is 9.44. The van der Waals surface area contributed by atoms with Crippen LogP contribution < -0.4 is 0 Å². The first kappa shape index (κ1) is 71.1. The van der Waals surface area contributed by atoms with Crippen molar-refractivity contribution in [1.82, 2.24) is 0 Å². The largest absolute Gasteiger partial charge is 0.472 e. The maximum absolute atomic E-state index is 12.9. The molecule has 0 aromatic rings. The first-order valence-corrected chi connectivity index (χ1v) is 31.8. The van der Waals surface area contributed by atoms with Crippen molar-refractivity contribution in [3.05, 3.63) is 0 Å². The van der Waals surface area contributed by atoms with Gasteiger partial charge in [-0.05, 0) is 25.7 Å². The average Bonchev–Trinajstić information content (AvgIpc) is 3.36. The Bertz CT molecular complexity index is 1440. The molecule has 0 fully saturated rings. The third kappa shape index (κ3) is 49.4. The number of aliphatic hydroxyl groups is 1. The summed E-state index contributed by atoms with van der Waals surface area (Å²) >= 11 is 0. The minimum absolute atomic E-state index is 0.0990. The van der Waals surface area contributed by atoms with Gasteiger partial charge in [-0.15, -0.1) is 0 Å². The van der Waals surface area contributed by atoms with E-state index in [0.717, 1.165) is 96.3 Å². The van der Waals surface area contributed by atoms with Crippen LogP contribution in [0.15, 0.2) is 0 Å². The van der Waals surface area contributed by atoms with Gasteiger partial charge in [-0.3, -0.25) is 37.3 Å². The van der Waals surface area contributed by atoms with Crippen LogP contribution in [0.1, 0.15) is 265 Å². The van der Waals surface area contributed by atoms with E-state index in [1.807, 2.05) is 0 Å². The average molecular weight is 1090 g/mol. The predicted molar refractivity (Wildman–Crippen MR) is 285 cm³/mol. The molecule has 432 valence electrons. The normalized spacial score (nSPS) is 14.5. The van der Waals surface area contributed by atoms with Gasteiger partial charge in [0.05, 0.1) is 26.4 Å². The van der Waals surface area contributed by atoms with E-state index in [-0.39, 0.29) is 25.7 Å². The SMILES string of the molecule is CCCCCCCCCCCCCCC(=O)O[C@H](COC(=O)CCCCCCCCCCCCC)COP(=O)(O)OC[C@@H](O)COP(=O)(O)OC[C@@H](COC(=O)CCCCCCC)OC(=O)CCCCCCC. The Labute approximate surface area is 441 Å². The first-order valence-electron chi connectivity index (χ1n) is 28.8. The second-order valence-electron chi connectivity index (χ2n) is 19.6. The highest BCUT2D eigenvalue weighted by Crippen LogP contribution is 2.45. The Kier molecular flexibility index (Phi) is 48.3. The zero-order valence-electron chi connectivity index (χ0n) is 46.1. The number of hydrogen-bond acceptors (Lipinski definition) is 15. The molecule has 0 radical (unpaired) electrons. The molecular weight excluding hydrogens is 983 g/mol. The summed E-state index contributed by atoms with van der Waals surface area (Å²) in [7, 11) is -9.84. The van der Waals surface area contributed by atoms with Gasteiger partial charge in [-0.1, -0.05) is 214 Å². The summed E-state index contributed by atoms with van der Waals surface area (Å²) in [4.78, 5) is 71.2. The number of esters is 4. The Morgan fingerprint density at radius 2 is 0.548 bits per heavy atom. The molecule has 0 aliphatic heterocycles. The van der Waals surface area contributed by atoms with E-state index in [4.69, 9.17) is 37.0 Å². The molecule has 0 amide bonds. The Hall–Kier alpha value is -1.94. The molecule has 19 heteroatoms. The molecule has 0 spiro atoms. The molecule has 0 aliphatic carbocycles. The molecule has 0 rings (SSSR count). The number of carbonyl (C=O) groups excluding carboxylic acids is 4. The van der Waals surface area contributed by atoms with Gasteiger partial charge in [-0.25, -0.2) is 9.13 Å². The summed E-state index contributed by atoms with van der Waals surface area (Å²) < 4.78 is 67.1. The van der Waals surface area contributed by atoms with Crippen LogP contribution in [0.2, 0.25) is 0 Å². The van der Waals surface area contributed by atoms with Crippen molar-refractivity contribution in [2.45, 2.75) is 284 Å².